The van der Waals surface area contributed by atoms with Crippen molar-refractivity contribution in [1.29, 1.82) is 0 Å². The molecule has 2 aromatic rings. The van der Waals surface area contributed by atoms with Crippen LogP contribution in [-0.2, 0) is 4.79 Å². The van der Waals surface area contributed by atoms with Gasteiger partial charge in [-0.25, -0.2) is 0 Å². The highest BCUT2D eigenvalue weighted by molar-refractivity contribution is 5.76. The van der Waals surface area contributed by atoms with E-state index in [9.17, 15) is 9.90 Å². The molecule has 0 saturated heterocycles. The lowest BCUT2D eigenvalue weighted by Crippen LogP contribution is -2.11. The monoisotopic (exact) mass is 339 g/mol. The average Bonchev–Trinajstić information content (AvgIpc) is 2.61. The number of hydrogen-bond donors (Lipinski definition) is 1. The van der Waals surface area contributed by atoms with E-state index in [2.05, 4.69) is 17.2 Å². The Kier molecular flexibility index (Phi) is 6.69. The van der Waals surface area contributed by atoms with Crippen LogP contribution in [0.2, 0.25) is 0 Å². The first-order valence-electron chi connectivity index (χ1n) is 8.53. The van der Waals surface area contributed by atoms with E-state index >= 15 is 0 Å². The third-order valence-electron chi connectivity index (χ3n) is 4.09. The maximum atomic E-state index is 11.4. The van der Waals surface area contributed by atoms with Gasteiger partial charge in [-0.1, -0.05) is 31.9 Å². The summed E-state index contributed by atoms with van der Waals surface area (Å²) in [5.41, 5.74) is 3.41. The topological polar surface area (TPSA) is 65.3 Å². The molecule has 2 rings (SSSR count). The molecule has 0 amide bonds. The molecule has 0 bridgehead atoms. The first-order valence-corrected chi connectivity index (χ1v) is 8.53. The van der Waals surface area contributed by atoms with Crippen molar-refractivity contribution in [3.05, 3.63) is 54.1 Å². The van der Waals surface area contributed by atoms with Crippen LogP contribution in [0.4, 0.5) is 17.1 Å². The number of carbonyl (C=O) groups is 1. The van der Waals surface area contributed by atoms with Crippen molar-refractivity contribution in [2.45, 2.75) is 32.1 Å². The summed E-state index contributed by atoms with van der Waals surface area (Å²) in [5, 5.41) is 17.8. The quantitative estimate of drug-likeness (QED) is 0.643. The van der Waals surface area contributed by atoms with Crippen molar-refractivity contribution in [1.82, 2.24) is 0 Å². The van der Waals surface area contributed by atoms with E-state index in [0.29, 0.717) is 12.1 Å². The fraction of sp³-hybridized carbons (Fsp3) is 0.350. The molecule has 5 heteroatoms. The molecule has 1 unspecified atom stereocenters. The molecule has 0 spiro atoms. The Balaban J connectivity index is 2.07. The molecule has 0 aliphatic carbocycles. The van der Waals surface area contributed by atoms with Gasteiger partial charge in [-0.15, -0.1) is 0 Å². The smallest absolute Gasteiger partial charge is 0.310 e. The molecule has 0 radical (unpaired) electrons. The van der Waals surface area contributed by atoms with Gasteiger partial charge < -0.3 is 10.0 Å². The van der Waals surface area contributed by atoms with Crippen molar-refractivity contribution < 1.29 is 9.90 Å². The molecular formula is C20H25N3O2. The molecule has 2 aromatic carbocycles. The van der Waals surface area contributed by atoms with E-state index in [1.807, 2.05) is 67.5 Å². The number of anilines is 1. The van der Waals surface area contributed by atoms with Gasteiger partial charge in [-0.3, -0.25) is 4.79 Å². The highest BCUT2D eigenvalue weighted by Gasteiger charge is 2.18. The number of unbranched alkanes of at least 4 members (excludes halogenated alkanes) is 1. The predicted molar refractivity (Wildman–Crippen MR) is 101 cm³/mol. The second kappa shape index (κ2) is 8.97. The van der Waals surface area contributed by atoms with E-state index in [4.69, 9.17) is 0 Å². The van der Waals surface area contributed by atoms with Crippen molar-refractivity contribution in [3.8, 4) is 0 Å². The summed E-state index contributed by atoms with van der Waals surface area (Å²) in [4.78, 5) is 13.5. The Hall–Kier alpha value is -2.69. The molecule has 1 atom stereocenters. The zero-order valence-electron chi connectivity index (χ0n) is 15.0. The van der Waals surface area contributed by atoms with E-state index in [1.165, 1.54) is 0 Å². The lowest BCUT2D eigenvalue weighted by molar-refractivity contribution is -0.139. The number of nitrogens with zero attached hydrogens (tertiary/aromatic N) is 3. The fourth-order valence-electron chi connectivity index (χ4n) is 2.55. The Bertz CT molecular complexity index is 707. The van der Waals surface area contributed by atoms with Gasteiger partial charge in [0.25, 0.3) is 0 Å². The number of carboxylic acid groups (broad SMARTS) is 1. The molecule has 5 nitrogen and oxygen atoms in total. The Morgan fingerprint density at radius 2 is 1.52 bits per heavy atom. The van der Waals surface area contributed by atoms with Gasteiger partial charge >= 0.3 is 5.97 Å². The van der Waals surface area contributed by atoms with Crippen LogP contribution >= 0.6 is 0 Å². The van der Waals surface area contributed by atoms with E-state index in [-0.39, 0.29) is 0 Å². The Morgan fingerprint density at radius 1 is 1.00 bits per heavy atom. The third-order valence-corrected chi connectivity index (χ3v) is 4.09. The summed E-state index contributed by atoms with van der Waals surface area (Å²) in [6.45, 7) is 2.06. The minimum Gasteiger partial charge on any atom is -0.481 e. The van der Waals surface area contributed by atoms with Crippen molar-refractivity contribution >= 4 is 23.0 Å². The standard InChI is InChI=1S/C20H25N3O2/c1-4-5-6-19(20(24)25)15-7-9-16(10-8-15)21-22-17-11-13-18(14-12-17)23(2)3/h7-14,19H,4-6H2,1-3H3,(H,24,25)/b22-21+. The highest BCUT2D eigenvalue weighted by atomic mass is 16.4. The first-order chi connectivity index (χ1) is 12.0. The lowest BCUT2D eigenvalue weighted by Gasteiger charge is -2.12. The average molecular weight is 339 g/mol. The summed E-state index contributed by atoms with van der Waals surface area (Å²) < 4.78 is 0. The zero-order valence-corrected chi connectivity index (χ0v) is 15.0. The number of aliphatic carboxylic acids is 1. The van der Waals surface area contributed by atoms with Crippen LogP contribution in [0.25, 0.3) is 0 Å². The molecule has 132 valence electrons. The van der Waals surface area contributed by atoms with Crippen LogP contribution < -0.4 is 4.90 Å². The minimum absolute atomic E-state index is 0.454. The van der Waals surface area contributed by atoms with Crippen LogP contribution in [0, 0.1) is 0 Å². The highest BCUT2D eigenvalue weighted by Crippen LogP contribution is 2.26. The zero-order chi connectivity index (χ0) is 18.2. The van der Waals surface area contributed by atoms with E-state index in [1.54, 1.807) is 0 Å². The van der Waals surface area contributed by atoms with Crippen molar-refractivity contribution in [2.24, 2.45) is 10.2 Å². The molecule has 0 aliphatic heterocycles. The van der Waals surface area contributed by atoms with Crippen LogP contribution in [0.15, 0.2) is 58.8 Å². The van der Waals surface area contributed by atoms with Crippen LogP contribution in [-0.4, -0.2) is 25.2 Å². The van der Waals surface area contributed by atoms with Crippen molar-refractivity contribution in [2.75, 3.05) is 19.0 Å². The summed E-state index contributed by atoms with van der Waals surface area (Å²) in [6.07, 6.45) is 2.55. The largest absolute Gasteiger partial charge is 0.481 e. The Morgan fingerprint density at radius 3 is 1.96 bits per heavy atom. The molecular weight excluding hydrogens is 314 g/mol. The molecule has 0 heterocycles. The first kappa shape index (κ1) is 18.6. The molecule has 0 fully saturated rings. The predicted octanol–water partition coefficient (Wildman–Crippen LogP) is 5.53. The lowest BCUT2D eigenvalue weighted by atomic mass is 9.93. The minimum atomic E-state index is -0.774. The number of hydrogen-bond acceptors (Lipinski definition) is 4. The van der Waals surface area contributed by atoms with Gasteiger partial charge in [0, 0.05) is 19.8 Å². The maximum absolute atomic E-state index is 11.4. The van der Waals surface area contributed by atoms with E-state index < -0.39 is 11.9 Å². The molecule has 25 heavy (non-hydrogen) atoms. The molecule has 1 N–H and O–H groups in total. The number of azo groups is 1. The van der Waals surface area contributed by atoms with Crippen molar-refractivity contribution in [3.63, 3.8) is 0 Å². The summed E-state index contributed by atoms with van der Waals surface area (Å²) in [7, 11) is 3.98. The number of carboxylic acids is 1. The van der Waals surface area contributed by atoms with Gasteiger partial charge in [0.1, 0.15) is 0 Å². The molecule has 0 aliphatic rings. The number of benzene rings is 2. The van der Waals surface area contributed by atoms with Gasteiger partial charge in [0.2, 0.25) is 0 Å². The third kappa shape index (κ3) is 5.41. The maximum Gasteiger partial charge on any atom is 0.310 e. The van der Waals surface area contributed by atoms with Gasteiger partial charge in [-0.2, -0.15) is 10.2 Å². The summed E-state index contributed by atoms with van der Waals surface area (Å²) in [5.74, 6) is -1.23. The SMILES string of the molecule is CCCCC(C(=O)O)c1ccc(/N=N/c2ccc(N(C)C)cc2)cc1. The fourth-order valence-corrected chi connectivity index (χ4v) is 2.55. The van der Waals surface area contributed by atoms with E-state index in [0.717, 1.165) is 29.8 Å². The summed E-state index contributed by atoms with van der Waals surface area (Å²) >= 11 is 0. The van der Waals surface area contributed by atoms with Crippen LogP contribution in [0.3, 0.4) is 0 Å². The van der Waals surface area contributed by atoms with Gasteiger partial charge in [-0.05, 0) is 48.4 Å². The number of rotatable bonds is 8. The normalized spacial score (nSPS) is 12.3. The summed E-state index contributed by atoms with van der Waals surface area (Å²) in [6, 6.07) is 15.1. The van der Waals surface area contributed by atoms with Crippen LogP contribution in [0.5, 0.6) is 0 Å². The molecule has 0 aromatic heterocycles. The second-order valence-electron chi connectivity index (χ2n) is 6.24. The Labute approximate surface area is 149 Å². The second-order valence-corrected chi connectivity index (χ2v) is 6.24. The van der Waals surface area contributed by atoms with Gasteiger partial charge in [0.15, 0.2) is 0 Å². The van der Waals surface area contributed by atoms with Gasteiger partial charge in [0.05, 0.1) is 17.3 Å². The molecule has 0 saturated carbocycles. The van der Waals surface area contributed by atoms with Crippen LogP contribution in [0.1, 0.15) is 37.7 Å².